The number of carbonyl (C=O) groups excluding carboxylic acids is 1. The molecule has 2 aliphatic rings. The molecule has 0 aliphatic carbocycles. The van der Waals surface area contributed by atoms with Crippen molar-refractivity contribution in [2.75, 3.05) is 42.6 Å². The third kappa shape index (κ3) is 3.94. The first-order valence-electron chi connectivity index (χ1n) is 9.45. The van der Waals surface area contributed by atoms with Gasteiger partial charge in [-0.05, 0) is 37.1 Å². The predicted molar refractivity (Wildman–Crippen MR) is 108 cm³/mol. The molecule has 1 aromatic heterocycles. The Kier molecular flexibility index (Phi) is 5.59. The highest BCUT2D eigenvalue weighted by molar-refractivity contribution is 7.99. The van der Waals surface area contributed by atoms with E-state index in [2.05, 4.69) is 15.1 Å². The highest BCUT2D eigenvalue weighted by Gasteiger charge is 2.28. The van der Waals surface area contributed by atoms with Gasteiger partial charge in [0.25, 0.3) is 5.91 Å². The highest BCUT2D eigenvalue weighted by Crippen LogP contribution is 2.23. The first kappa shape index (κ1) is 18.3. The van der Waals surface area contributed by atoms with E-state index in [9.17, 15) is 9.90 Å². The summed E-state index contributed by atoms with van der Waals surface area (Å²) in [4.78, 5) is 16.7. The molecule has 1 atom stereocenters. The lowest BCUT2D eigenvalue weighted by Gasteiger charge is -2.26. The van der Waals surface area contributed by atoms with E-state index in [1.54, 1.807) is 4.90 Å². The van der Waals surface area contributed by atoms with Gasteiger partial charge in [-0.2, -0.15) is 11.8 Å². The molecule has 2 fully saturated rings. The number of anilines is 1. The van der Waals surface area contributed by atoms with E-state index in [1.165, 1.54) is 0 Å². The summed E-state index contributed by atoms with van der Waals surface area (Å²) >= 11 is 1.97. The quantitative estimate of drug-likeness (QED) is 0.872. The molecule has 27 heavy (non-hydrogen) atoms. The van der Waals surface area contributed by atoms with Gasteiger partial charge >= 0.3 is 0 Å². The molecule has 1 aromatic carbocycles. The first-order chi connectivity index (χ1) is 13.3. The van der Waals surface area contributed by atoms with Gasteiger partial charge in [-0.15, -0.1) is 10.2 Å². The average Bonchev–Trinajstić information content (AvgIpc) is 3.23. The highest BCUT2D eigenvalue weighted by atomic mass is 32.2. The molecule has 0 spiro atoms. The van der Waals surface area contributed by atoms with Crippen molar-refractivity contribution in [2.45, 2.75) is 18.9 Å². The number of aliphatic hydroxyl groups is 1. The zero-order valence-electron chi connectivity index (χ0n) is 15.3. The molecule has 142 valence electrons. The fourth-order valence-electron chi connectivity index (χ4n) is 3.68. The van der Waals surface area contributed by atoms with Gasteiger partial charge in [0.05, 0.1) is 18.3 Å². The lowest BCUT2D eigenvalue weighted by atomic mass is 10.1. The molecule has 0 unspecified atom stereocenters. The summed E-state index contributed by atoms with van der Waals surface area (Å²) < 4.78 is 0. The Hall–Kier alpha value is -2.12. The Labute approximate surface area is 163 Å². The number of nitrogens with zero attached hydrogens (tertiary/aromatic N) is 4. The Balaban J connectivity index is 1.46. The van der Waals surface area contributed by atoms with Gasteiger partial charge in [-0.3, -0.25) is 4.79 Å². The Morgan fingerprint density at radius 2 is 1.85 bits per heavy atom. The van der Waals surface area contributed by atoms with Gasteiger partial charge in [0, 0.05) is 42.3 Å². The molecule has 6 nitrogen and oxygen atoms in total. The number of hydrogen-bond acceptors (Lipinski definition) is 6. The second-order valence-electron chi connectivity index (χ2n) is 6.93. The van der Waals surface area contributed by atoms with E-state index in [1.807, 2.05) is 48.2 Å². The van der Waals surface area contributed by atoms with E-state index >= 15 is 0 Å². The smallest absolute Gasteiger partial charge is 0.254 e. The molecule has 2 aliphatic heterocycles. The zero-order chi connectivity index (χ0) is 18.6. The second-order valence-corrected chi connectivity index (χ2v) is 8.16. The molecule has 3 heterocycles. The fourth-order valence-corrected chi connectivity index (χ4v) is 4.59. The van der Waals surface area contributed by atoms with E-state index in [0.29, 0.717) is 12.1 Å². The molecular weight excluding hydrogens is 360 g/mol. The SMILES string of the molecule is O=C(c1ccc(-c2ccc(N3CCSCC3)nn2)cc1)N1CCC[C@H]1CO. The molecule has 0 radical (unpaired) electrons. The topological polar surface area (TPSA) is 69.6 Å². The number of likely N-dealkylation sites (tertiary alicyclic amines) is 1. The summed E-state index contributed by atoms with van der Waals surface area (Å²) in [5, 5.41) is 18.2. The van der Waals surface area contributed by atoms with Crippen LogP contribution in [-0.4, -0.2) is 69.9 Å². The van der Waals surface area contributed by atoms with Crippen molar-refractivity contribution in [3.8, 4) is 11.3 Å². The minimum absolute atomic E-state index is 0.0116. The van der Waals surface area contributed by atoms with Crippen LogP contribution in [0.3, 0.4) is 0 Å². The number of rotatable bonds is 4. The third-order valence-corrected chi connectivity index (χ3v) is 6.20. The number of thioether (sulfide) groups is 1. The van der Waals surface area contributed by atoms with Crippen LogP contribution >= 0.6 is 11.8 Å². The van der Waals surface area contributed by atoms with Gasteiger partial charge in [0.15, 0.2) is 5.82 Å². The molecule has 0 bridgehead atoms. The lowest BCUT2D eigenvalue weighted by molar-refractivity contribution is 0.0677. The van der Waals surface area contributed by atoms with Gasteiger partial charge in [-0.1, -0.05) is 12.1 Å². The minimum atomic E-state index is -0.0521. The van der Waals surface area contributed by atoms with Crippen LogP contribution in [0.1, 0.15) is 23.2 Å². The molecule has 1 amide bonds. The summed E-state index contributed by atoms with van der Waals surface area (Å²) in [5.41, 5.74) is 2.40. The van der Waals surface area contributed by atoms with E-state index in [4.69, 9.17) is 0 Å². The van der Waals surface area contributed by atoms with Gasteiger partial charge in [-0.25, -0.2) is 0 Å². The van der Waals surface area contributed by atoms with Gasteiger partial charge in [0.1, 0.15) is 0 Å². The molecule has 1 N–H and O–H groups in total. The summed E-state index contributed by atoms with van der Waals surface area (Å²) in [6, 6.07) is 11.5. The predicted octanol–water partition coefficient (Wildman–Crippen LogP) is 2.29. The number of amides is 1. The number of carbonyl (C=O) groups is 1. The summed E-state index contributed by atoms with van der Waals surface area (Å²) in [5.74, 6) is 3.18. The monoisotopic (exact) mass is 384 g/mol. The molecular formula is C20H24N4O2S. The minimum Gasteiger partial charge on any atom is -0.394 e. The van der Waals surface area contributed by atoms with Crippen LogP contribution in [0.5, 0.6) is 0 Å². The van der Waals surface area contributed by atoms with Crippen LogP contribution in [0.25, 0.3) is 11.3 Å². The van der Waals surface area contributed by atoms with Crippen molar-refractivity contribution in [1.82, 2.24) is 15.1 Å². The van der Waals surface area contributed by atoms with Crippen molar-refractivity contribution in [2.24, 2.45) is 0 Å². The summed E-state index contributed by atoms with van der Waals surface area (Å²) in [7, 11) is 0. The first-order valence-corrected chi connectivity index (χ1v) is 10.6. The van der Waals surface area contributed by atoms with E-state index < -0.39 is 0 Å². The number of aromatic nitrogens is 2. The maximum Gasteiger partial charge on any atom is 0.254 e. The van der Waals surface area contributed by atoms with Crippen LogP contribution in [-0.2, 0) is 0 Å². The van der Waals surface area contributed by atoms with Crippen molar-refractivity contribution in [3.05, 3.63) is 42.0 Å². The van der Waals surface area contributed by atoms with E-state index in [-0.39, 0.29) is 18.6 Å². The van der Waals surface area contributed by atoms with Crippen molar-refractivity contribution in [1.29, 1.82) is 0 Å². The van der Waals surface area contributed by atoms with Crippen molar-refractivity contribution < 1.29 is 9.90 Å². The maximum absolute atomic E-state index is 12.7. The Morgan fingerprint density at radius 1 is 1.07 bits per heavy atom. The van der Waals surface area contributed by atoms with Crippen molar-refractivity contribution >= 4 is 23.5 Å². The Bertz CT molecular complexity index is 776. The molecule has 2 saturated heterocycles. The second kappa shape index (κ2) is 8.27. The van der Waals surface area contributed by atoms with Crippen LogP contribution in [0.2, 0.25) is 0 Å². The maximum atomic E-state index is 12.7. The van der Waals surface area contributed by atoms with Gasteiger partial charge in [0.2, 0.25) is 0 Å². The largest absolute Gasteiger partial charge is 0.394 e. The molecule has 2 aromatic rings. The van der Waals surface area contributed by atoms with Crippen LogP contribution < -0.4 is 4.90 Å². The van der Waals surface area contributed by atoms with Crippen LogP contribution in [0.15, 0.2) is 36.4 Å². The Morgan fingerprint density at radius 3 is 2.52 bits per heavy atom. The van der Waals surface area contributed by atoms with Crippen LogP contribution in [0.4, 0.5) is 5.82 Å². The average molecular weight is 385 g/mol. The number of aliphatic hydroxyl groups excluding tert-OH is 1. The normalized spacial score (nSPS) is 20.1. The van der Waals surface area contributed by atoms with Crippen molar-refractivity contribution in [3.63, 3.8) is 0 Å². The standard InChI is InChI=1S/C20H24N4O2S/c25-14-17-2-1-9-24(17)20(26)16-5-3-15(4-6-16)18-7-8-19(22-21-18)23-10-12-27-13-11-23/h3-8,17,25H,1-2,9-14H2/t17-/m0/s1. The van der Waals surface area contributed by atoms with Crippen LogP contribution in [0, 0.1) is 0 Å². The molecule has 4 rings (SSSR count). The van der Waals surface area contributed by atoms with Gasteiger partial charge < -0.3 is 14.9 Å². The molecule has 0 saturated carbocycles. The number of hydrogen-bond donors (Lipinski definition) is 1. The number of benzene rings is 1. The molecule has 7 heteroatoms. The van der Waals surface area contributed by atoms with E-state index in [0.717, 1.165) is 54.5 Å². The summed E-state index contributed by atoms with van der Waals surface area (Å²) in [6.07, 6.45) is 1.82. The summed E-state index contributed by atoms with van der Waals surface area (Å²) in [6.45, 7) is 2.77. The lowest BCUT2D eigenvalue weighted by Crippen LogP contribution is -2.37. The fraction of sp³-hybridized carbons (Fsp3) is 0.450. The zero-order valence-corrected chi connectivity index (χ0v) is 16.1. The third-order valence-electron chi connectivity index (χ3n) is 5.26.